The van der Waals surface area contributed by atoms with Crippen molar-refractivity contribution in [3.63, 3.8) is 0 Å². The van der Waals surface area contributed by atoms with Gasteiger partial charge in [-0.05, 0) is 54.8 Å². The van der Waals surface area contributed by atoms with E-state index in [0.29, 0.717) is 12.1 Å². The standard InChI is InChI=1S/C17H18FNO2/c1-11-7-8-14(18)9-13(11)10-19-16-6-4-5-15(12(16)2)17(20)21-3/h4-9,19H,10H2,1-3H3. The molecule has 0 radical (unpaired) electrons. The summed E-state index contributed by atoms with van der Waals surface area (Å²) in [5, 5.41) is 3.24. The summed E-state index contributed by atoms with van der Waals surface area (Å²) >= 11 is 0. The van der Waals surface area contributed by atoms with E-state index in [9.17, 15) is 9.18 Å². The monoisotopic (exact) mass is 287 g/mol. The summed E-state index contributed by atoms with van der Waals surface area (Å²) in [4.78, 5) is 11.7. The lowest BCUT2D eigenvalue weighted by molar-refractivity contribution is 0.0600. The van der Waals surface area contributed by atoms with E-state index in [-0.39, 0.29) is 11.8 Å². The van der Waals surface area contributed by atoms with Crippen LogP contribution in [0.2, 0.25) is 0 Å². The van der Waals surface area contributed by atoms with Gasteiger partial charge in [0.2, 0.25) is 0 Å². The third kappa shape index (κ3) is 3.40. The van der Waals surface area contributed by atoms with Crippen LogP contribution in [0.25, 0.3) is 0 Å². The van der Waals surface area contributed by atoms with Crippen molar-refractivity contribution in [2.75, 3.05) is 12.4 Å². The number of carbonyl (C=O) groups is 1. The zero-order valence-electron chi connectivity index (χ0n) is 12.4. The Balaban J connectivity index is 2.21. The molecule has 1 N–H and O–H groups in total. The maximum atomic E-state index is 13.3. The lowest BCUT2D eigenvalue weighted by atomic mass is 10.1. The summed E-state index contributed by atoms with van der Waals surface area (Å²) in [6.45, 7) is 4.29. The fourth-order valence-electron chi connectivity index (χ4n) is 2.18. The Morgan fingerprint density at radius 3 is 2.71 bits per heavy atom. The second-order valence-corrected chi connectivity index (χ2v) is 4.89. The number of nitrogens with one attached hydrogen (secondary N) is 1. The van der Waals surface area contributed by atoms with Crippen molar-refractivity contribution in [2.45, 2.75) is 20.4 Å². The summed E-state index contributed by atoms with van der Waals surface area (Å²) in [6, 6.07) is 10.1. The molecule has 2 aromatic carbocycles. The van der Waals surface area contributed by atoms with E-state index >= 15 is 0 Å². The minimum atomic E-state index is -0.363. The molecule has 0 aliphatic rings. The first kappa shape index (κ1) is 15.0. The number of anilines is 1. The fraction of sp³-hybridized carbons (Fsp3) is 0.235. The Hall–Kier alpha value is -2.36. The molecule has 0 aliphatic carbocycles. The van der Waals surface area contributed by atoms with Crippen LogP contribution < -0.4 is 5.32 Å². The van der Waals surface area contributed by atoms with Gasteiger partial charge in [0.15, 0.2) is 0 Å². The number of rotatable bonds is 4. The highest BCUT2D eigenvalue weighted by Crippen LogP contribution is 2.21. The van der Waals surface area contributed by atoms with Crippen LogP contribution in [0.1, 0.15) is 27.0 Å². The zero-order valence-corrected chi connectivity index (χ0v) is 12.4. The SMILES string of the molecule is COC(=O)c1cccc(NCc2cc(F)ccc2C)c1C. The zero-order chi connectivity index (χ0) is 15.4. The smallest absolute Gasteiger partial charge is 0.338 e. The summed E-state index contributed by atoms with van der Waals surface area (Å²) in [6.07, 6.45) is 0. The van der Waals surface area contributed by atoms with Gasteiger partial charge in [-0.3, -0.25) is 0 Å². The van der Waals surface area contributed by atoms with Crippen molar-refractivity contribution in [3.8, 4) is 0 Å². The molecule has 0 fully saturated rings. The summed E-state index contributed by atoms with van der Waals surface area (Å²) in [5.74, 6) is -0.615. The normalized spacial score (nSPS) is 10.3. The number of benzene rings is 2. The number of hydrogen-bond donors (Lipinski definition) is 1. The number of aryl methyl sites for hydroxylation is 1. The molecule has 3 nitrogen and oxygen atoms in total. The highest BCUT2D eigenvalue weighted by Gasteiger charge is 2.11. The van der Waals surface area contributed by atoms with Crippen LogP contribution >= 0.6 is 0 Å². The van der Waals surface area contributed by atoms with E-state index in [1.165, 1.54) is 19.2 Å². The number of hydrogen-bond acceptors (Lipinski definition) is 3. The highest BCUT2D eigenvalue weighted by molar-refractivity contribution is 5.92. The van der Waals surface area contributed by atoms with E-state index in [2.05, 4.69) is 5.32 Å². The van der Waals surface area contributed by atoms with E-state index in [4.69, 9.17) is 4.74 Å². The fourth-order valence-corrected chi connectivity index (χ4v) is 2.18. The van der Waals surface area contributed by atoms with Gasteiger partial charge in [-0.25, -0.2) is 9.18 Å². The first-order chi connectivity index (χ1) is 10.0. The van der Waals surface area contributed by atoms with E-state index < -0.39 is 0 Å². The van der Waals surface area contributed by atoms with Crippen molar-refractivity contribution in [2.24, 2.45) is 0 Å². The third-order valence-corrected chi connectivity index (χ3v) is 3.52. The van der Waals surface area contributed by atoms with Gasteiger partial charge in [-0.1, -0.05) is 12.1 Å². The molecule has 0 saturated carbocycles. The summed E-state index contributed by atoms with van der Waals surface area (Å²) in [7, 11) is 1.36. The van der Waals surface area contributed by atoms with Gasteiger partial charge in [0.1, 0.15) is 5.82 Å². The van der Waals surface area contributed by atoms with Crippen LogP contribution in [0.5, 0.6) is 0 Å². The maximum absolute atomic E-state index is 13.3. The molecule has 0 aliphatic heterocycles. The minimum Gasteiger partial charge on any atom is -0.465 e. The van der Waals surface area contributed by atoms with Gasteiger partial charge < -0.3 is 10.1 Å². The Labute approximate surface area is 123 Å². The Morgan fingerprint density at radius 2 is 2.00 bits per heavy atom. The predicted molar refractivity (Wildman–Crippen MR) is 81.0 cm³/mol. The molecule has 2 aromatic rings. The number of carbonyl (C=O) groups excluding carboxylic acids is 1. The Morgan fingerprint density at radius 1 is 1.24 bits per heavy atom. The molecular formula is C17H18FNO2. The lowest BCUT2D eigenvalue weighted by Crippen LogP contribution is -2.08. The summed E-state index contributed by atoms with van der Waals surface area (Å²) in [5.41, 5.74) is 4.09. The van der Waals surface area contributed by atoms with Crippen LogP contribution in [-0.4, -0.2) is 13.1 Å². The van der Waals surface area contributed by atoms with Gasteiger partial charge >= 0.3 is 5.97 Å². The van der Waals surface area contributed by atoms with Gasteiger partial charge in [-0.2, -0.15) is 0 Å². The molecule has 0 spiro atoms. The van der Waals surface area contributed by atoms with Crippen molar-refractivity contribution >= 4 is 11.7 Å². The van der Waals surface area contributed by atoms with Crippen LogP contribution in [0.4, 0.5) is 10.1 Å². The van der Waals surface area contributed by atoms with Crippen molar-refractivity contribution in [1.82, 2.24) is 0 Å². The molecular weight excluding hydrogens is 269 g/mol. The van der Waals surface area contributed by atoms with E-state index in [1.54, 1.807) is 18.2 Å². The number of halogens is 1. The largest absolute Gasteiger partial charge is 0.465 e. The number of methoxy groups -OCH3 is 1. The first-order valence-electron chi connectivity index (χ1n) is 6.69. The molecule has 4 heteroatoms. The van der Waals surface area contributed by atoms with Crippen LogP contribution in [0, 0.1) is 19.7 Å². The molecule has 21 heavy (non-hydrogen) atoms. The van der Waals surface area contributed by atoms with Crippen molar-refractivity contribution in [1.29, 1.82) is 0 Å². The highest BCUT2D eigenvalue weighted by atomic mass is 19.1. The van der Waals surface area contributed by atoms with Crippen LogP contribution in [0.3, 0.4) is 0 Å². The molecule has 0 amide bonds. The lowest BCUT2D eigenvalue weighted by Gasteiger charge is -2.13. The van der Waals surface area contributed by atoms with Gasteiger partial charge in [0.25, 0.3) is 0 Å². The second kappa shape index (κ2) is 6.39. The summed E-state index contributed by atoms with van der Waals surface area (Å²) < 4.78 is 18.0. The second-order valence-electron chi connectivity index (χ2n) is 4.89. The molecule has 0 unspecified atom stereocenters. The minimum absolute atomic E-state index is 0.252. The molecule has 0 aromatic heterocycles. The Kier molecular flexibility index (Phi) is 4.58. The third-order valence-electron chi connectivity index (χ3n) is 3.52. The van der Waals surface area contributed by atoms with Gasteiger partial charge in [0, 0.05) is 12.2 Å². The number of esters is 1. The van der Waals surface area contributed by atoms with Crippen molar-refractivity contribution in [3.05, 3.63) is 64.5 Å². The van der Waals surface area contributed by atoms with E-state index in [1.807, 2.05) is 19.9 Å². The number of ether oxygens (including phenoxy) is 1. The molecule has 0 atom stereocenters. The van der Waals surface area contributed by atoms with Crippen molar-refractivity contribution < 1.29 is 13.9 Å². The first-order valence-corrected chi connectivity index (χ1v) is 6.69. The molecule has 2 rings (SSSR count). The van der Waals surface area contributed by atoms with Crippen LogP contribution in [-0.2, 0) is 11.3 Å². The van der Waals surface area contributed by atoms with Crippen LogP contribution in [0.15, 0.2) is 36.4 Å². The maximum Gasteiger partial charge on any atom is 0.338 e. The molecule has 0 saturated heterocycles. The average Bonchev–Trinajstić information content (AvgIpc) is 2.48. The topological polar surface area (TPSA) is 38.3 Å². The quantitative estimate of drug-likeness (QED) is 0.868. The molecule has 0 bridgehead atoms. The van der Waals surface area contributed by atoms with Gasteiger partial charge in [-0.15, -0.1) is 0 Å². The Bertz CT molecular complexity index is 668. The average molecular weight is 287 g/mol. The predicted octanol–water partition coefficient (Wildman–Crippen LogP) is 3.84. The molecule has 110 valence electrons. The molecule has 0 heterocycles. The van der Waals surface area contributed by atoms with E-state index in [0.717, 1.165) is 22.4 Å². The van der Waals surface area contributed by atoms with Gasteiger partial charge in [0.05, 0.1) is 12.7 Å².